The van der Waals surface area contributed by atoms with Gasteiger partial charge in [0, 0.05) is 18.8 Å². The first kappa shape index (κ1) is 11.6. The molecule has 2 nitrogen and oxygen atoms in total. The molecule has 1 aromatic carbocycles. The topological polar surface area (TPSA) is 28.7 Å². The van der Waals surface area contributed by atoms with E-state index in [1.807, 2.05) is 0 Å². The van der Waals surface area contributed by atoms with E-state index in [-0.39, 0.29) is 24.6 Å². The predicted molar refractivity (Wildman–Crippen MR) is 62.2 cm³/mol. The molecule has 96 valence electrons. The van der Waals surface area contributed by atoms with Crippen molar-refractivity contribution < 1.29 is 13.2 Å². The van der Waals surface area contributed by atoms with Crippen LogP contribution in [0, 0.1) is 5.82 Å². The number of nitrogens with one attached hydrogen (secondary N) is 1. The number of rotatable bonds is 1. The third-order valence-corrected chi connectivity index (χ3v) is 3.59. The molecule has 0 aliphatic heterocycles. The van der Waals surface area contributed by atoms with E-state index in [1.165, 1.54) is 6.07 Å². The largest absolute Gasteiger partial charge is 0.342 e. The maximum atomic E-state index is 13.5. The first-order valence-electron chi connectivity index (χ1n) is 6.07. The molecule has 1 aromatic heterocycles. The number of imidazole rings is 1. The lowest BCUT2D eigenvalue weighted by Gasteiger charge is -2.26. The van der Waals surface area contributed by atoms with E-state index in [9.17, 15) is 13.2 Å². The first-order valence-corrected chi connectivity index (χ1v) is 6.07. The Labute approximate surface area is 102 Å². The second kappa shape index (κ2) is 4.00. The minimum absolute atomic E-state index is 0.0172. The summed E-state index contributed by atoms with van der Waals surface area (Å²) in [7, 11) is 0. The highest BCUT2D eigenvalue weighted by molar-refractivity contribution is 5.75. The first-order chi connectivity index (χ1) is 8.55. The molecular formula is C13H13F3N2. The molecule has 0 saturated heterocycles. The number of hydrogen-bond donors (Lipinski definition) is 1. The van der Waals surface area contributed by atoms with Gasteiger partial charge in [-0.3, -0.25) is 0 Å². The Morgan fingerprint density at radius 3 is 2.61 bits per heavy atom. The molecule has 0 spiro atoms. The maximum Gasteiger partial charge on any atom is 0.248 e. The molecule has 1 N–H and O–H groups in total. The van der Waals surface area contributed by atoms with Crippen molar-refractivity contribution in [3.05, 3.63) is 29.8 Å². The summed E-state index contributed by atoms with van der Waals surface area (Å²) in [5.74, 6) is -2.31. The van der Waals surface area contributed by atoms with Gasteiger partial charge >= 0.3 is 0 Å². The Bertz CT molecular complexity index is 567. The van der Waals surface area contributed by atoms with E-state index in [0.29, 0.717) is 29.7 Å². The lowest BCUT2D eigenvalue weighted by atomic mass is 9.86. The van der Waals surface area contributed by atoms with Gasteiger partial charge in [-0.2, -0.15) is 0 Å². The van der Waals surface area contributed by atoms with Gasteiger partial charge in [0.25, 0.3) is 0 Å². The SMILES string of the molecule is Fc1cccc2[nH]c(C3CCC(F)(F)CC3)nc12. The Morgan fingerprint density at radius 1 is 1.22 bits per heavy atom. The molecule has 0 unspecified atom stereocenters. The van der Waals surface area contributed by atoms with E-state index >= 15 is 0 Å². The summed E-state index contributed by atoms with van der Waals surface area (Å²) < 4.78 is 39.6. The highest BCUT2D eigenvalue weighted by Crippen LogP contribution is 2.40. The van der Waals surface area contributed by atoms with Crippen LogP contribution < -0.4 is 0 Å². The number of para-hydroxylation sites is 1. The summed E-state index contributed by atoms with van der Waals surface area (Å²) in [6.07, 6.45) is 0.567. The number of fused-ring (bicyclic) bond motifs is 1. The standard InChI is InChI=1S/C13H13F3N2/c14-9-2-1-3-10-11(9)18-12(17-10)8-4-6-13(15,16)7-5-8/h1-3,8H,4-7H2,(H,17,18). The third-order valence-electron chi connectivity index (χ3n) is 3.59. The predicted octanol–water partition coefficient (Wildman–Crippen LogP) is 3.99. The average Bonchev–Trinajstić information content (AvgIpc) is 2.74. The molecule has 1 aliphatic rings. The van der Waals surface area contributed by atoms with Crippen molar-refractivity contribution in [1.29, 1.82) is 0 Å². The number of H-pyrrole nitrogens is 1. The summed E-state index contributed by atoms with van der Waals surface area (Å²) in [5.41, 5.74) is 0.923. The molecule has 1 fully saturated rings. The van der Waals surface area contributed by atoms with Crippen LogP contribution >= 0.6 is 0 Å². The fourth-order valence-corrected chi connectivity index (χ4v) is 2.52. The molecule has 18 heavy (non-hydrogen) atoms. The molecule has 1 aliphatic carbocycles. The van der Waals surface area contributed by atoms with Crippen LogP contribution in [0.3, 0.4) is 0 Å². The number of alkyl halides is 2. The summed E-state index contributed by atoms with van der Waals surface area (Å²) in [6.45, 7) is 0. The van der Waals surface area contributed by atoms with Crippen LogP contribution in [0.4, 0.5) is 13.2 Å². The second-order valence-corrected chi connectivity index (χ2v) is 4.89. The summed E-state index contributed by atoms with van der Waals surface area (Å²) in [4.78, 5) is 7.25. The van der Waals surface area contributed by atoms with Gasteiger partial charge in [0.05, 0.1) is 5.52 Å². The Hall–Kier alpha value is -1.52. The Balaban J connectivity index is 1.89. The maximum absolute atomic E-state index is 13.5. The molecular weight excluding hydrogens is 241 g/mol. The smallest absolute Gasteiger partial charge is 0.248 e. The minimum atomic E-state index is -2.55. The van der Waals surface area contributed by atoms with Gasteiger partial charge in [-0.25, -0.2) is 18.2 Å². The molecule has 0 atom stereocenters. The van der Waals surface area contributed by atoms with Gasteiger partial charge in [0.1, 0.15) is 11.3 Å². The van der Waals surface area contributed by atoms with Crippen molar-refractivity contribution >= 4 is 11.0 Å². The summed E-state index contributed by atoms with van der Waals surface area (Å²) in [5, 5.41) is 0. The van der Waals surface area contributed by atoms with Gasteiger partial charge in [-0.15, -0.1) is 0 Å². The zero-order valence-electron chi connectivity index (χ0n) is 9.72. The molecule has 3 rings (SSSR count). The quantitative estimate of drug-likeness (QED) is 0.818. The van der Waals surface area contributed by atoms with Crippen molar-refractivity contribution in [2.45, 2.75) is 37.5 Å². The monoisotopic (exact) mass is 254 g/mol. The van der Waals surface area contributed by atoms with Crippen LogP contribution in [0.25, 0.3) is 11.0 Å². The van der Waals surface area contributed by atoms with Gasteiger partial charge in [0.15, 0.2) is 5.82 Å². The molecule has 0 bridgehead atoms. The van der Waals surface area contributed by atoms with E-state index in [4.69, 9.17) is 0 Å². The van der Waals surface area contributed by atoms with E-state index in [1.54, 1.807) is 12.1 Å². The molecule has 2 aromatic rings. The molecule has 0 amide bonds. The number of aromatic nitrogens is 2. The van der Waals surface area contributed by atoms with Crippen LogP contribution in [0.1, 0.15) is 37.4 Å². The molecule has 1 saturated carbocycles. The van der Waals surface area contributed by atoms with Crippen molar-refractivity contribution in [1.82, 2.24) is 9.97 Å². The lowest BCUT2D eigenvalue weighted by molar-refractivity contribution is -0.0387. The van der Waals surface area contributed by atoms with Crippen molar-refractivity contribution in [2.24, 2.45) is 0 Å². The highest BCUT2D eigenvalue weighted by Gasteiger charge is 2.36. The van der Waals surface area contributed by atoms with Crippen LogP contribution in [0.5, 0.6) is 0 Å². The lowest BCUT2D eigenvalue weighted by Crippen LogP contribution is -2.24. The zero-order valence-corrected chi connectivity index (χ0v) is 9.72. The minimum Gasteiger partial charge on any atom is -0.342 e. The number of halogens is 3. The fraction of sp³-hybridized carbons (Fsp3) is 0.462. The van der Waals surface area contributed by atoms with Gasteiger partial charge in [0.2, 0.25) is 5.92 Å². The van der Waals surface area contributed by atoms with Gasteiger partial charge in [-0.1, -0.05) is 6.07 Å². The number of nitrogens with zero attached hydrogens (tertiary/aromatic N) is 1. The van der Waals surface area contributed by atoms with Gasteiger partial charge in [-0.05, 0) is 25.0 Å². The van der Waals surface area contributed by atoms with Crippen molar-refractivity contribution in [2.75, 3.05) is 0 Å². The number of aromatic amines is 1. The number of hydrogen-bond acceptors (Lipinski definition) is 1. The fourth-order valence-electron chi connectivity index (χ4n) is 2.52. The van der Waals surface area contributed by atoms with Crippen molar-refractivity contribution in [3.63, 3.8) is 0 Å². The molecule has 5 heteroatoms. The second-order valence-electron chi connectivity index (χ2n) is 4.89. The Morgan fingerprint density at radius 2 is 1.94 bits per heavy atom. The zero-order chi connectivity index (χ0) is 12.8. The summed E-state index contributed by atoms with van der Waals surface area (Å²) in [6, 6.07) is 4.70. The Kier molecular flexibility index (Phi) is 2.57. The highest BCUT2D eigenvalue weighted by atomic mass is 19.3. The van der Waals surface area contributed by atoms with Crippen LogP contribution in [0.2, 0.25) is 0 Å². The molecule has 0 radical (unpaired) electrons. The van der Waals surface area contributed by atoms with Gasteiger partial charge < -0.3 is 4.98 Å². The normalized spacial score (nSPS) is 20.4. The molecule has 1 heterocycles. The van der Waals surface area contributed by atoms with Crippen LogP contribution in [0.15, 0.2) is 18.2 Å². The number of benzene rings is 1. The third kappa shape index (κ3) is 1.98. The summed E-state index contributed by atoms with van der Waals surface area (Å²) >= 11 is 0. The van der Waals surface area contributed by atoms with Crippen LogP contribution in [-0.2, 0) is 0 Å². The van der Waals surface area contributed by atoms with Crippen LogP contribution in [-0.4, -0.2) is 15.9 Å². The van der Waals surface area contributed by atoms with E-state index < -0.39 is 5.92 Å². The average molecular weight is 254 g/mol. The van der Waals surface area contributed by atoms with E-state index in [2.05, 4.69) is 9.97 Å². The van der Waals surface area contributed by atoms with Crippen molar-refractivity contribution in [3.8, 4) is 0 Å². The van der Waals surface area contributed by atoms with E-state index in [0.717, 1.165) is 0 Å².